The van der Waals surface area contributed by atoms with Gasteiger partial charge in [0.1, 0.15) is 16.1 Å². The summed E-state index contributed by atoms with van der Waals surface area (Å²) in [4.78, 5) is 15.6. The molecular weight excluding hydrogens is 319 g/mol. The van der Waals surface area contributed by atoms with Crippen molar-refractivity contribution in [2.75, 3.05) is 6.54 Å². The van der Waals surface area contributed by atoms with Gasteiger partial charge in [-0.1, -0.05) is 43.1 Å². The summed E-state index contributed by atoms with van der Waals surface area (Å²) in [7, 11) is 0. The monoisotopic (exact) mass is 336 g/mol. The Morgan fingerprint density at radius 3 is 2.77 bits per heavy atom. The van der Waals surface area contributed by atoms with Crippen LogP contribution in [0.5, 0.6) is 0 Å². The van der Waals surface area contributed by atoms with Crippen LogP contribution >= 0.6 is 23.2 Å². The van der Waals surface area contributed by atoms with E-state index in [1.54, 1.807) is 6.07 Å². The number of aromatic nitrogens is 3. The maximum absolute atomic E-state index is 6.17. The maximum Gasteiger partial charge on any atom is 0.135 e. The van der Waals surface area contributed by atoms with Gasteiger partial charge in [-0.2, -0.15) is 0 Å². The van der Waals surface area contributed by atoms with Gasteiger partial charge in [0.05, 0.1) is 5.69 Å². The first-order valence-corrected chi connectivity index (χ1v) is 8.16. The van der Waals surface area contributed by atoms with Crippen molar-refractivity contribution in [3.05, 3.63) is 51.3 Å². The Bertz CT molecular complexity index is 688. The van der Waals surface area contributed by atoms with Gasteiger partial charge in [-0.3, -0.25) is 4.90 Å². The minimum Gasteiger partial charge on any atom is -0.293 e. The average Bonchev–Trinajstić information content (AvgIpc) is 2.49. The molecule has 4 nitrogen and oxygen atoms in total. The van der Waals surface area contributed by atoms with Crippen LogP contribution in [0.2, 0.25) is 10.3 Å². The summed E-state index contributed by atoms with van der Waals surface area (Å²) in [6.07, 6.45) is 2.94. The van der Waals surface area contributed by atoms with E-state index in [2.05, 4.69) is 28.7 Å². The summed E-state index contributed by atoms with van der Waals surface area (Å²) < 4.78 is 0. The molecule has 1 aliphatic heterocycles. The van der Waals surface area contributed by atoms with Crippen LogP contribution in [0.4, 0.5) is 0 Å². The molecule has 2 aromatic heterocycles. The molecule has 3 heterocycles. The van der Waals surface area contributed by atoms with Crippen molar-refractivity contribution in [1.29, 1.82) is 0 Å². The molecule has 0 fully saturated rings. The highest BCUT2D eigenvalue weighted by molar-refractivity contribution is 6.32. The van der Waals surface area contributed by atoms with Crippen LogP contribution < -0.4 is 0 Å². The van der Waals surface area contributed by atoms with Gasteiger partial charge < -0.3 is 0 Å². The van der Waals surface area contributed by atoms with Gasteiger partial charge in [0.2, 0.25) is 0 Å². The van der Waals surface area contributed by atoms with E-state index < -0.39 is 0 Å². The van der Waals surface area contributed by atoms with E-state index in [4.69, 9.17) is 28.2 Å². The van der Waals surface area contributed by atoms with Crippen LogP contribution in [-0.2, 0) is 19.5 Å². The van der Waals surface area contributed by atoms with E-state index in [9.17, 15) is 0 Å². The van der Waals surface area contributed by atoms with Crippen LogP contribution in [0, 0.1) is 0 Å². The summed E-state index contributed by atoms with van der Waals surface area (Å²) in [6, 6.07) is 3.71. The second kappa shape index (κ2) is 6.49. The summed E-state index contributed by atoms with van der Waals surface area (Å²) in [5.74, 6) is 1.25. The molecule has 116 valence electrons. The fourth-order valence-electron chi connectivity index (χ4n) is 2.59. The predicted octanol–water partition coefficient (Wildman–Crippen LogP) is 3.86. The molecule has 1 aliphatic rings. The van der Waals surface area contributed by atoms with Crippen molar-refractivity contribution in [2.45, 2.75) is 39.3 Å². The molecule has 0 amide bonds. The molecule has 0 bridgehead atoms. The molecule has 2 aromatic rings. The number of halogens is 2. The minimum absolute atomic E-state index is 0.343. The lowest BCUT2D eigenvalue weighted by atomic mass is 10.1. The average molecular weight is 337 g/mol. The van der Waals surface area contributed by atoms with Crippen LogP contribution in [0.1, 0.15) is 42.4 Å². The highest BCUT2D eigenvalue weighted by Gasteiger charge is 2.20. The van der Waals surface area contributed by atoms with Crippen molar-refractivity contribution in [3.8, 4) is 0 Å². The molecule has 0 atom stereocenters. The number of hydrogen-bond acceptors (Lipinski definition) is 4. The SMILES string of the molecule is CC(C)c1ncc2c(n1)CN(Cc1ccc(Cl)nc1Cl)CC2. The van der Waals surface area contributed by atoms with Crippen molar-refractivity contribution in [2.24, 2.45) is 0 Å². The van der Waals surface area contributed by atoms with E-state index in [0.29, 0.717) is 16.2 Å². The number of rotatable bonds is 3. The first kappa shape index (κ1) is 15.7. The molecule has 0 aromatic carbocycles. The molecule has 0 aliphatic carbocycles. The molecule has 6 heteroatoms. The number of pyridine rings is 1. The summed E-state index contributed by atoms with van der Waals surface area (Å²) >= 11 is 12.0. The first-order valence-electron chi connectivity index (χ1n) is 7.41. The molecule has 0 radical (unpaired) electrons. The Morgan fingerprint density at radius 2 is 2.05 bits per heavy atom. The smallest absolute Gasteiger partial charge is 0.135 e. The first-order chi connectivity index (χ1) is 10.5. The van der Waals surface area contributed by atoms with Crippen LogP contribution in [-0.4, -0.2) is 26.4 Å². The van der Waals surface area contributed by atoms with Crippen molar-refractivity contribution >= 4 is 23.2 Å². The Balaban J connectivity index is 1.77. The second-order valence-electron chi connectivity index (χ2n) is 5.90. The lowest BCUT2D eigenvalue weighted by molar-refractivity contribution is 0.240. The van der Waals surface area contributed by atoms with Gasteiger partial charge in [-0.15, -0.1) is 0 Å². The highest BCUT2D eigenvalue weighted by Crippen LogP contribution is 2.23. The van der Waals surface area contributed by atoms with Gasteiger partial charge >= 0.3 is 0 Å². The standard InChI is InChI=1S/C16H18Cl2N4/c1-10(2)16-19-7-11-5-6-22(9-13(11)20-16)8-12-3-4-14(17)21-15(12)18/h3-4,7,10H,5-6,8-9H2,1-2H3. The molecule has 0 N–H and O–H groups in total. The van der Waals surface area contributed by atoms with E-state index in [1.807, 2.05) is 12.3 Å². The molecule has 22 heavy (non-hydrogen) atoms. The lowest BCUT2D eigenvalue weighted by Gasteiger charge is -2.28. The number of hydrogen-bond donors (Lipinski definition) is 0. The summed E-state index contributed by atoms with van der Waals surface area (Å²) in [5.41, 5.74) is 3.37. The molecular formula is C16H18Cl2N4. The molecule has 3 rings (SSSR count). The Kier molecular flexibility index (Phi) is 4.62. The number of fused-ring (bicyclic) bond motifs is 1. The molecule has 0 unspecified atom stereocenters. The zero-order valence-corrected chi connectivity index (χ0v) is 14.2. The van der Waals surface area contributed by atoms with E-state index in [0.717, 1.165) is 43.1 Å². The van der Waals surface area contributed by atoms with Gasteiger partial charge in [0, 0.05) is 37.3 Å². The Morgan fingerprint density at radius 1 is 1.23 bits per heavy atom. The second-order valence-corrected chi connectivity index (χ2v) is 6.64. The van der Waals surface area contributed by atoms with E-state index >= 15 is 0 Å². The van der Waals surface area contributed by atoms with Crippen molar-refractivity contribution < 1.29 is 0 Å². The largest absolute Gasteiger partial charge is 0.293 e. The zero-order chi connectivity index (χ0) is 15.7. The minimum atomic E-state index is 0.343. The lowest BCUT2D eigenvalue weighted by Crippen LogP contribution is -2.31. The maximum atomic E-state index is 6.17. The predicted molar refractivity (Wildman–Crippen MR) is 88.2 cm³/mol. The highest BCUT2D eigenvalue weighted by atomic mass is 35.5. The van der Waals surface area contributed by atoms with Crippen LogP contribution in [0.3, 0.4) is 0 Å². The molecule has 0 saturated heterocycles. The van der Waals surface area contributed by atoms with Gasteiger partial charge in [-0.05, 0) is 18.1 Å². The van der Waals surface area contributed by atoms with Gasteiger partial charge in [-0.25, -0.2) is 15.0 Å². The Labute approximate surface area is 140 Å². The van der Waals surface area contributed by atoms with Crippen molar-refractivity contribution in [1.82, 2.24) is 19.9 Å². The zero-order valence-electron chi connectivity index (χ0n) is 12.7. The van der Waals surface area contributed by atoms with Crippen LogP contribution in [0.15, 0.2) is 18.3 Å². The van der Waals surface area contributed by atoms with Crippen molar-refractivity contribution in [3.63, 3.8) is 0 Å². The Hall–Kier alpha value is -1.23. The molecule has 0 spiro atoms. The summed E-state index contributed by atoms with van der Waals surface area (Å²) in [6.45, 7) is 6.76. The van der Waals surface area contributed by atoms with E-state index in [1.165, 1.54) is 5.56 Å². The number of nitrogens with zero attached hydrogens (tertiary/aromatic N) is 4. The van der Waals surface area contributed by atoms with E-state index in [-0.39, 0.29) is 0 Å². The third-order valence-corrected chi connectivity index (χ3v) is 4.38. The fraction of sp³-hybridized carbons (Fsp3) is 0.438. The third kappa shape index (κ3) is 3.40. The third-order valence-electron chi connectivity index (χ3n) is 3.85. The fourth-order valence-corrected chi connectivity index (χ4v) is 2.99. The molecule has 0 saturated carbocycles. The normalized spacial score (nSPS) is 15.1. The van der Waals surface area contributed by atoms with Crippen LogP contribution in [0.25, 0.3) is 0 Å². The topological polar surface area (TPSA) is 41.9 Å². The van der Waals surface area contributed by atoms with Gasteiger partial charge in [0.15, 0.2) is 0 Å². The van der Waals surface area contributed by atoms with Gasteiger partial charge in [0.25, 0.3) is 0 Å². The summed E-state index contributed by atoms with van der Waals surface area (Å²) in [5, 5.41) is 0.899. The quantitative estimate of drug-likeness (QED) is 0.798.